The number of hydrogen-bond acceptors (Lipinski definition) is 8. The number of aromatic nitrogens is 3. The van der Waals surface area contributed by atoms with Crippen LogP contribution in [0.15, 0.2) is 29.0 Å². The predicted molar refractivity (Wildman–Crippen MR) is 103 cm³/mol. The molecule has 158 valence electrons. The van der Waals surface area contributed by atoms with E-state index in [0.29, 0.717) is 30.1 Å². The summed E-state index contributed by atoms with van der Waals surface area (Å²) in [5, 5.41) is 6.61. The topological polar surface area (TPSA) is 128 Å². The summed E-state index contributed by atoms with van der Waals surface area (Å²) in [4.78, 5) is 46.4. The lowest BCUT2D eigenvalue weighted by molar-refractivity contribution is -0.149. The van der Waals surface area contributed by atoms with Gasteiger partial charge in [0, 0.05) is 18.0 Å². The minimum Gasteiger partial charge on any atom is -0.454 e. The van der Waals surface area contributed by atoms with Crippen LogP contribution < -0.4 is 5.32 Å². The molecule has 2 aromatic heterocycles. The second-order valence-electron chi connectivity index (χ2n) is 7.67. The average Bonchev–Trinajstić information content (AvgIpc) is 3.33. The van der Waals surface area contributed by atoms with Gasteiger partial charge in [-0.3, -0.25) is 19.5 Å². The first-order valence-corrected chi connectivity index (χ1v) is 10.0. The molecular weight excluding hydrogens is 390 g/mol. The van der Waals surface area contributed by atoms with Gasteiger partial charge in [-0.15, -0.1) is 0 Å². The van der Waals surface area contributed by atoms with Crippen LogP contribution in [0.2, 0.25) is 0 Å². The van der Waals surface area contributed by atoms with Gasteiger partial charge in [0.15, 0.2) is 6.61 Å². The molecule has 0 unspecified atom stereocenters. The van der Waals surface area contributed by atoms with Crippen LogP contribution in [-0.2, 0) is 20.9 Å². The first-order chi connectivity index (χ1) is 14.5. The monoisotopic (exact) mass is 413 g/mol. The van der Waals surface area contributed by atoms with Crippen molar-refractivity contribution in [3.8, 4) is 11.4 Å². The van der Waals surface area contributed by atoms with Gasteiger partial charge in [-0.25, -0.2) is 4.79 Å². The van der Waals surface area contributed by atoms with Gasteiger partial charge >= 0.3 is 12.0 Å². The second-order valence-corrected chi connectivity index (χ2v) is 7.67. The van der Waals surface area contributed by atoms with Crippen LogP contribution in [0.1, 0.15) is 44.9 Å². The third-order valence-electron chi connectivity index (χ3n) is 5.81. The molecule has 1 aliphatic heterocycles. The van der Waals surface area contributed by atoms with E-state index in [1.165, 1.54) is 0 Å². The molecule has 10 nitrogen and oxygen atoms in total. The maximum Gasteiger partial charge on any atom is 0.326 e. The summed E-state index contributed by atoms with van der Waals surface area (Å²) >= 11 is 0. The molecule has 2 fully saturated rings. The van der Waals surface area contributed by atoms with Crippen LogP contribution in [-0.4, -0.2) is 50.0 Å². The summed E-state index contributed by atoms with van der Waals surface area (Å²) in [6.07, 6.45) is 7.24. The Kier molecular flexibility index (Phi) is 5.47. The Morgan fingerprint density at radius 3 is 2.87 bits per heavy atom. The minimum atomic E-state index is -0.881. The predicted octanol–water partition coefficient (Wildman–Crippen LogP) is 2.07. The number of nitrogens with one attached hydrogen (secondary N) is 1. The Morgan fingerprint density at radius 2 is 2.17 bits per heavy atom. The van der Waals surface area contributed by atoms with Crippen molar-refractivity contribution in [1.82, 2.24) is 25.3 Å². The standard InChI is InChI=1S/C20H23N5O5/c1-2-13-5-7-20(8-6-13)18(27)25(19(28)23-20)11-16(26)29-12-15-22-17(24-30-15)14-4-3-9-21-10-14/h3-4,9-10,13H,2,5-8,11-12H2,1H3,(H,23,28). The van der Waals surface area contributed by atoms with E-state index in [1.807, 2.05) is 0 Å². The van der Waals surface area contributed by atoms with Crippen LogP contribution in [0.25, 0.3) is 11.4 Å². The lowest BCUT2D eigenvalue weighted by Crippen LogP contribution is -2.49. The van der Waals surface area contributed by atoms with Crippen molar-refractivity contribution in [2.75, 3.05) is 6.54 Å². The molecule has 2 aromatic rings. The zero-order valence-electron chi connectivity index (χ0n) is 16.7. The van der Waals surface area contributed by atoms with Gasteiger partial charge in [0.2, 0.25) is 5.82 Å². The minimum absolute atomic E-state index is 0.105. The molecule has 3 amide bonds. The number of carbonyl (C=O) groups excluding carboxylic acids is 3. The molecule has 0 radical (unpaired) electrons. The van der Waals surface area contributed by atoms with Gasteiger partial charge < -0.3 is 14.6 Å². The zero-order valence-corrected chi connectivity index (χ0v) is 16.7. The van der Waals surface area contributed by atoms with E-state index >= 15 is 0 Å². The lowest BCUT2D eigenvalue weighted by atomic mass is 9.75. The number of urea groups is 1. The second kappa shape index (κ2) is 8.21. The number of nitrogens with zero attached hydrogens (tertiary/aromatic N) is 4. The van der Waals surface area contributed by atoms with E-state index in [9.17, 15) is 14.4 Å². The van der Waals surface area contributed by atoms with Crippen LogP contribution in [0, 0.1) is 5.92 Å². The first kappa shape index (κ1) is 20.0. The highest BCUT2D eigenvalue weighted by molar-refractivity contribution is 6.08. The van der Waals surface area contributed by atoms with Crippen LogP contribution in [0.3, 0.4) is 0 Å². The molecule has 3 heterocycles. The fraction of sp³-hybridized carbons (Fsp3) is 0.500. The number of ether oxygens (including phenoxy) is 1. The molecule has 2 aliphatic rings. The van der Waals surface area contributed by atoms with E-state index in [0.717, 1.165) is 24.2 Å². The summed E-state index contributed by atoms with van der Waals surface area (Å²) in [6.45, 7) is 1.43. The summed E-state index contributed by atoms with van der Waals surface area (Å²) in [5.74, 6) is -0.0680. The Hall–Kier alpha value is -3.30. The Labute approximate surface area is 173 Å². The van der Waals surface area contributed by atoms with Gasteiger partial charge in [-0.2, -0.15) is 4.98 Å². The molecule has 4 rings (SSSR count). The van der Waals surface area contributed by atoms with Crippen molar-refractivity contribution in [1.29, 1.82) is 0 Å². The Bertz CT molecular complexity index is 936. The first-order valence-electron chi connectivity index (χ1n) is 10.0. The van der Waals surface area contributed by atoms with E-state index in [-0.39, 0.29) is 18.4 Å². The van der Waals surface area contributed by atoms with E-state index in [2.05, 4.69) is 27.4 Å². The Balaban J connectivity index is 1.32. The molecule has 1 aliphatic carbocycles. The SMILES string of the molecule is CCC1CCC2(CC1)NC(=O)N(CC(=O)OCc1nc(-c3cccnc3)no1)C2=O. The molecule has 10 heteroatoms. The van der Waals surface area contributed by atoms with Gasteiger partial charge in [-0.1, -0.05) is 18.5 Å². The fourth-order valence-corrected chi connectivity index (χ4v) is 3.98. The van der Waals surface area contributed by atoms with E-state index < -0.39 is 24.1 Å². The number of imide groups is 1. The van der Waals surface area contributed by atoms with Gasteiger partial charge in [0.05, 0.1) is 0 Å². The molecular formula is C20H23N5O5. The summed E-state index contributed by atoms with van der Waals surface area (Å²) in [5.41, 5.74) is -0.213. The Morgan fingerprint density at radius 1 is 1.37 bits per heavy atom. The quantitative estimate of drug-likeness (QED) is 0.563. The van der Waals surface area contributed by atoms with Crippen LogP contribution in [0.4, 0.5) is 4.79 Å². The number of carbonyl (C=O) groups is 3. The third kappa shape index (κ3) is 3.89. The molecule has 1 N–H and O–H groups in total. The number of esters is 1. The smallest absolute Gasteiger partial charge is 0.326 e. The molecule has 1 spiro atoms. The zero-order chi connectivity index (χ0) is 21.1. The maximum atomic E-state index is 12.8. The van der Waals surface area contributed by atoms with Crippen LogP contribution >= 0.6 is 0 Å². The number of rotatable bonds is 6. The van der Waals surface area contributed by atoms with Crippen molar-refractivity contribution in [3.05, 3.63) is 30.4 Å². The van der Waals surface area contributed by atoms with Crippen molar-refractivity contribution in [2.24, 2.45) is 5.92 Å². The van der Waals surface area contributed by atoms with E-state index in [4.69, 9.17) is 9.26 Å². The summed E-state index contributed by atoms with van der Waals surface area (Å²) < 4.78 is 10.2. The number of hydrogen-bond donors (Lipinski definition) is 1. The van der Waals surface area contributed by atoms with Crippen molar-refractivity contribution in [3.63, 3.8) is 0 Å². The average molecular weight is 413 g/mol. The molecule has 0 aromatic carbocycles. The van der Waals surface area contributed by atoms with Gasteiger partial charge in [-0.05, 0) is 43.7 Å². The molecule has 0 bridgehead atoms. The van der Waals surface area contributed by atoms with Crippen molar-refractivity contribution >= 4 is 17.9 Å². The normalized spacial score (nSPS) is 23.6. The molecule has 30 heavy (non-hydrogen) atoms. The van der Waals surface area contributed by atoms with E-state index in [1.54, 1.807) is 24.5 Å². The van der Waals surface area contributed by atoms with Crippen molar-refractivity contribution < 1.29 is 23.6 Å². The van der Waals surface area contributed by atoms with Crippen molar-refractivity contribution in [2.45, 2.75) is 51.2 Å². The third-order valence-corrected chi connectivity index (χ3v) is 5.81. The van der Waals surface area contributed by atoms with Crippen LogP contribution in [0.5, 0.6) is 0 Å². The van der Waals surface area contributed by atoms with Gasteiger partial charge in [0.1, 0.15) is 12.1 Å². The molecule has 1 saturated carbocycles. The summed E-state index contributed by atoms with van der Waals surface area (Å²) in [7, 11) is 0. The fourth-order valence-electron chi connectivity index (χ4n) is 3.98. The number of amides is 3. The molecule has 1 saturated heterocycles. The highest BCUT2D eigenvalue weighted by Crippen LogP contribution is 2.37. The van der Waals surface area contributed by atoms with Gasteiger partial charge in [0.25, 0.3) is 11.8 Å². The largest absolute Gasteiger partial charge is 0.454 e. The molecule has 0 atom stereocenters. The number of pyridine rings is 1. The summed E-state index contributed by atoms with van der Waals surface area (Å²) in [6, 6.07) is 2.96. The maximum absolute atomic E-state index is 12.8. The highest BCUT2D eigenvalue weighted by atomic mass is 16.6. The highest BCUT2D eigenvalue weighted by Gasteiger charge is 2.52. The lowest BCUT2D eigenvalue weighted by Gasteiger charge is -2.34.